The van der Waals surface area contributed by atoms with Gasteiger partial charge in [0.2, 0.25) is 0 Å². The number of benzene rings is 10. The van der Waals surface area contributed by atoms with Gasteiger partial charge < -0.3 is 9.47 Å². The minimum Gasteiger partial charge on any atom is -0.310 e. The topological polar surface area (TPSA) is 8.17 Å². The van der Waals surface area contributed by atoms with E-state index in [0.717, 1.165) is 22.7 Å². The fourth-order valence-electron chi connectivity index (χ4n) is 11.6. The molecule has 0 amide bonds. The zero-order valence-electron chi connectivity index (χ0n) is 38.8. The summed E-state index contributed by atoms with van der Waals surface area (Å²) in [6, 6.07) is 85.5. The van der Waals surface area contributed by atoms with E-state index in [1.165, 1.54) is 99.7 Å². The lowest BCUT2D eigenvalue weighted by Crippen LogP contribution is -2.15. The zero-order chi connectivity index (χ0) is 45.7. The molecular weight excluding hydrogens is 821 g/mol. The van der Waals surface area contributed by atoms with Crippen LogP contribution in [-0.4, -0.2) is 4.57 Å². The lowest BCUT2D eigenvalue weighted by Gasteiger charge is -2.27. The number of nitrogens with zero attached hydrogens (tertiary/aromatic N) is 2. The zero-order valence-corrected chi connectivity index (χ0v) is 38.8. The molecule has 0 unspecified atom stereocenters. The van der Waals surface area contributed by atoms with Gasteiger partial charge in [0, 0.05) is 44.4 Å². The first-order valence-corrected chi connectivity index (χ1v) is 23.9. The number of fused-ring (bicyclic) bond motifs is 9. The van der Waals surface area contributed by atoms with Crippen LogP contribution < -0.4 is 4.90 Å². The minimum absolute atomic E-state index is 0.0597. The monoisotopic (exact) mass is 870 g/mol. The van der Waals surface area contributed by atoms with E-state index in [-0.39, 0.29) is 10.8 Å². The maximum Gasteiger partial charge on any atom is 0.0544 e. The van der Waals surface area contributed by atoms with E-state index in [4.69, 9.17) is 0 Å². The molecule has 2 nitrogen and oxygen atoms in total. The van der Waals surface area contributed by atoms with Gasteiger partial charge in [-0.05, 0) is 151 Å². The van der Waals surface area contributed by atoms with Crippen molar-refractivity contribution in [2.75, 3.05) is 4.90 Å². The summed E-state index contributed by atoms with van der Waals surface area (Å²) in [5.74, 6) is 0. The van der Waals surface area contributed by atoms with Gasteiger partial charge in [-0.3, -0.25) is 0 Å². The highest BCUT2D eigenvalue weighted by Gasteiger charge is 2.37. The smallest absolute Gasteiger partial charge is 0.0544 e. The van der Waals surface area contributed by atoms with Gasteiger partial charge in [0.15, 0.2) is 0 Å². The van der Waals surface area contributed by atoms with Crippen molar-refractivity contribution in [3.05, 3.63) is 253 Å². The van der Waals surface area contributed by atoms with E-state index < -0.39 is 0 Å². The maximum absolute atomic E-state index is 2.48. The quantitative estimate of drug-likeness (QED) is 0.155. The van der Waals surface area contributed by atoms with Crippen LogP contribution in [0.15, 0.2) is 231 Å². The first-order valence-electron chi connectivity index (χ1n) is 23.9. The third-order valence-electron chi connectivity index (χ3n) is 15.2. The average molecular weight is 871 g/mol. The van der Waals surface area contributed by atoms with Crippen molar-refractivity contribution in [1.82, 2.24) is 4.57 Å². The molecule has 0 saturated carbocycles. The normalized spacial score (nSPS) is 13.8. The van der Waals surface area contributed by atoms with Crippen molar-refractivity contribution >= 4 is 38.9 Å². The van der Waals surface area contributed by atoms with Crippen molar-refractivity contribution in [3.63, 3.8) is 0 Å². The lowest BCUT2D eigenvalue weighted by atomic mass is 9.82. The molecule has 0 N–H and O–H groups in total. The first kappa shape index (κ1) is 40.1. The summed E-state index contributed by atoms with van der Waals surface area (Å²) in [5, 5.41) is 2.52. The van der Waals surface area contributed by atoms with E-state index >= 15 is 0 Å². The SMILES string of the molecule is CC1(C)c2ccccc2-c2cc(N(c3ccc(-c4ccccc4)cc3)c3ccc(-c4ccc5c(c4)c4cc6c(cc4n5-c4ccc(-c5ccccc5)cc4)C(C)(C)c4ccccc4-6)cc3)ccc21. The van der Waals surface area contributed by atoms with Crippen LogP contribution in [0.4, 0.5) is 17.1 Å². The molecule has 324 valence electrons. The van der Waals surface area contributed by atoms with Crippen LogP contribution in [-0.2, 0) is 10.8 Å². The van der Waals surface area contributed by atoms with Gasteiger partial charge in [-0.1, -0.05) is 185 Å². The van der Waals surface area contributed by atoms with Crippen LogP contribution in [0.2, 0.25) is 0 Å². The molecule has 0 radical (unpaired) electrons. The standard InChI is InChI=1S/C66H50N2/c1-65(2)59-21-13-11-19-53(59)55-40-52(36-37-61(55)65)67(49-30-23-45(24-31-49)43-15-7-5-8-16-43)50-32-27-47(28-33-50)48-29-38-63-57(39-48)58-41-56-54-20-12-14-22-60(54)66(3,4)62(56)42-64(58)68(63)51-34-25-46(26-35-51)44-17-9-6-10-18-44/h5-42H,1-4H3. The number of rotatable bonds is 7. The van der Waals surface area contributed by atoms with Gasteiger partial charge in [-0.2, -0.15) is 0 Å². The van der Waals surface area contributed by atoms with Crippen LogP contribution in [0.5, 0.6) is 0 Å². The van der Waals surface area contributed by atoms with Crippen molar-refractivity contribution in [1.29, 1.82) is 0 Å². The molecule has 1 heterocycles. The predicted octanol–water partition coefficient (Wildman–Crippen LogP) is 17.9. The fourth-order valence-corrected chi connectivity index (χ4v) is 11.6. The first-order chi connectivity index (χ1) is 33.2. The fraction of sp³-hybridized carbons (Fsp3) is 0.0909. The summed E-state index contributed by atoms with van der Waals surface area (Å²) >= 11 is 0. The number of hydrogen-bond acceptors (Lipinski definition) is 1. The largest absolute Gasteiger partial charge is 0.310 e. The summed E-state index contributed by atoms with van der Waals surface area (Å²) in [4.78, 5) is 2.41. The van der Waals surface area contributed by atoms with Gasteiger partial charge in [-0.25, -0.2) is 0 Å². The molecule has 0 fully saturated rings. The molecule has 2 aliphatic rings. The molecule has 0 saturated heterocycles. The second-order valence-corrected chi connectivity index (χ2v) is 19.8. The molecule has 68 heavy (non-hydrogen) atoms. The average Bonchev–Trinajstić information content (AvgIpc) is 3.92. The Morgan fingerprint density at radius 1 is 0.294 bits per heavy atom. The van der Waals surface area contributed by atoms with Gasteiger partial charge in [0.05, 0.1) is 11.0 Å². The van der Waals surface area contributed by atoms with Crippen LogP contribution in [0.1, 0.15) is 49.9 Å². The summed E-state index contributed by atoms with van der Waals surface area (Å²) in [5.41, 5.74) is 24.8. The minimum atomic E-state index is -0.107. The molecule has 0 atom stereocenters. The highest BCUT2D eigenvalue weighted by molar-refractivity contribution is 6.13. The molecule has 0 bridgehead atoms. The highest BCUT2D eigenvalue weighted by atomic mass is 15.1. The third-order valence-corrected chi connectivity index (χ3v) is 15.2. The molecule has 10 aromatic carbocycles. The Labute approximate surface area is 399 Å². The molecule has 11 aromatic rings. The molecule has 0 aliphatic heterocycles. The molecule has 0 spiro atoms. The molecule has 2 aliphatic carbocycles. The summed E-state index contributed by atoms with van der Waals surface area (Å²) in [7, 11) is 0. The molecular formula is C66H50N2. The lowest BCUT2D eigenvalue weighted by molar-refractivity contribution is 0.660. The van der Waals surface area contributed by atoms with Crippen molar-refractivity contribution in [2.45, 2.75) is 38.5 Å². The summed E-state index contributed by atoms with van der Waals surface area (Å²) in [6.45, 7) is 9.44. The van der Waals surface area contributed by atoms with Crippen LogP contribution in [0.25, 0.3) is 83.1 Å². The highest BCUT2D eigenvalue weighted by Crippen LogP contribution is 2.53. The van der Waals surface area contributed by atoms with Crippen LogP contribution in [0, 0.1) is 0 Å². The number of anilines is 3. The predicted molar refractivity (Wildman–Crippen MR) is 287 cm³/mol. The van der Waals surface area contributed by atoms with E-state index in [1.807, 2.05) is 0 Å². The third kappa shape index (κ3) is 6.17. The summed E-state index contributed by atoms with van der Waals surface area (Å²) in [6.07, 6.45) is 0. The van der Waals surface area contributed by atoms with Gasteiger partial charge in [0.1, 0.15) is 0 Å². The van der Waals surface area contributed by atoms with Gasteiger partial charge in [0.25, 0.3) is 0 Å². The Balaban J connectivity index is 0.935. The van der Waals surface area contributed by atoms with Gasteiger partial charge in [-0.15, -0.1) is 0 Å². The Kier molecular flexibility index (Phi) is 8.95. The molecule has 13 rings (SSSR count). The van der Waals surface area contributed by atoms with E-state index in [2.05, 4.69) is 268 Å². The van der Waals surface area contributed by atoms with Crippen LogP contribution >= 0.6 is 0 Å². The summed E-state index contributed by atoms with van der Waals surface area (Å²) < 4.78 is 2.47. The molecule has 1 aromatic heterocycles. The Hall–Kier alpha value is -8.20. The Morgan fingerprint density at radius 2 is 0.721 bits per heavy atom. The van der Waals surface area contributed by atoms with E-state index in [9.17, 15) is 0 Å². The van der Waals surface area contributed by atoms with Crippen LogP contribution in [0.3, 0.4) is 0 Å². The maximum atomic E-state index is 2.48. The molecule has 2 heteroatoms. The van der Waals surface area contributed by atoms with Crippen molar-refractivity contribution in [2.24, 2.45) is 0 Å². The number of aromatic nitrogens is 1. The Bertz CT molecular complexity index is 3740. The van der Waals surface area contributed by atoms with Crippen molar-refractivity contribution in [3.8, 4) is 61.3 Å². The second kappa shape index (κ2) is 15.2. The van der Waals surface area contributed by atoms with E-state index in [0.29, 0.717) is 0 Å². The Morgan fingerprint density at radius 3 is 1.31 bits per heavy atom. The van der Waals surface area contributed by atoms with E-state index in [1.54, 1.807) is 0 Å². The second-order valence-electron chi connectivity index (χ2n) is 19.8. The number of hydrogen-bond donors (Lipinski definition) is 0. The van der Waals surface area contributed by atoms with Gasteiger partial charge >= 0.3 is 0 Å². The van der Waals surface area contributed by atoms with Crippen molar-refractivity contribution < 1.29 is 0 Å².